The van der Waals surface area contributed by atoms with Gasteiger partial charge in [0.1, 0.15) is 11.9 Å². The van der Waals surface area contributed by atoms with Gasteiger partial charge in [0.15, 0.2) is 0 Å². The van der Waals surface area contributed by atoms with Gasteiger partial charge in [0, 0.05) is 57.7 Å². The normalized spacial score (nSPS) is 24.4. The molecule has 0 aliphatic carbocycles. The third-order valence-electron chi connectivity index (χ3n) is 6.06. The number of carbonyl (C=O) groups excluding carboxylic acids is 1. The van der Waals surface area contributed by atoms with Gasteiger partial charge in [-0.1, -0.05) is 0 Å². The zero-order chi connectivity index (χ0) is 22.3. The number of benzene rings is 1. The largest absolute Gasteiger partial charge is 0.368 e. The van der Waals surface area contributed by atoms with Crippen LogP contribution < -0.4 is 9.62 Å². The van der Waals surface area contributed by atoms with Crippen molar-refractivity contribution in [1.82, 2.24) is 23.7 Å². The Hall–Kier alpha value is -2.50. The van der Waals surface area contributed by atoms with E-state index < -0.39 is 22.3 Å². The zero-order valence-corrected chi connectivity index (χ0v) is 18.6. The number of piperazine rings is 1. The van der Waals surface area contributed by atoms with Gasteiger partial charge in [-0.05, 0) is 37.6 Å². The molecule has 31 heavy (non-hydrogen) atoms. The van der Waals surface area contributed by atoms with E-state index in [9.17, 15) is 17.6 Å². The molecular formula is C20H27FN6O3S. The number of nitrogens with one attached hydrogen (secondary N) is 1. The van der Waals surface area contributed by atoms with Crippen molar-refractivity contribution in [3.63, 3.8) is 0 Å². The molecule has 2 atom stereocenters. The van der Waals surface area contributed by atoms with E-state index in [4.69, 9.17) is 0 Å². The molecule has 2 aliphatic heterocycles. The number of anilines is 1. The number of hydrogen-bond donors (Lipinski definition) is 1. The van der Waals surface area contributed by atoms with Crippen molar-refractivity contribution < 1.29 is 17.6 Å². The maximum Gasteiger partial charge on any atom is 0.280 e. The second kappa shape index (κ2) is 8.21. The summed E-state index contributed by atoms with van der Waals surface area (Å²) in [5.41, 5.74) is 2.42. The summed E-state index contributed by atoms with van der Waals surface area (Å²) < 4.78 is 44.1. The Balaban J connectivity index is 1.48. The summed E-state index contributed by atoms with van der Waals surface area (Å²) in [7, 11) is -0.587. The van der Waals surface area contributed by atoms with E-state index in [1.54, 1.807) is 35.0 Å². The third kappa shape index (κ3) is 4.30. The van der Waals surface area contributed by atoms with Gasteiger partial charge in [-0.3, -0.25) is 9.48 Å². The molecule has 1 amide bonds. The average Bonchev–Trinajstić information content (AvgIpc) is 3.08. The van der Waals surface area contributed by atoms with Crippen LogP contribution in [0.3, 0.4) is 0 Å². The molecular weight excluding hydrogens is 423 g/mol. The first kappa shape index (κ1) is 21.7. The predicted molar refractivity (Wildman–Crippen MR) is 114 cm³/mol. The molecule has 0 saturated carbocycles. The maximum absolute atomic E-state index is 13.3. The molecule has 1 aromatic heterocycles. The van der Waals surface area contributed by atoms with Gasteiger partial charge in [0.2, 0.25) is 5.91 Å². The molecule has 0 bridgehead atoms. The van der Waals surface area contributed by atoms with Crippen LogP contribution in [0.15, 0.2) is 30.5 Å². The van der Waals surface area contributed by atoms with Crippen LogP contribution in [0.2, 0.25) is 0 Å². The van der Waals surface area contributed by atoms with Gasteiger partial charge in [-0.15, -0.1) is 0 Å². The third-order valence-corrected chi connectivity index (χ3v) is 7.66. The van der Waals surface area contributed by atoms with Crippen molar-refractivity contribution in [2.45, 2.75) is 25.4 Å². The number of carbonyl (C=O) groups is 1. The molecule has 3 heterocycles. The number of likely N-dealkylation sites (N-methyl/N-ethyl adjacent to an activating group) is 1. The highest BCUT2D eigenvalue weighted by molar-refractivity contribution is 7.87. The number of amides is 1. The van der Waals surface area contributed by atoms with E-state index in [0.29, 0.717) is 32.6 Å². The summed E-state index contributed by atoms with van der Waals surface area (Å²) >= 11 is 0. The summed E-state index contributed by atoms with van der Waals surface area (Å²) in [5.74, 6) is -0.482. The van der Waals surface area contributed by atoms with Crippen molar-refractivity contribution >= 4 is 21.8 Å². The summed E-state index contributed by atoms with van der Waals surface area (Å²) in [6.45, 7) is 3.98. The molecule has 2 aliphatic rings. The molecule has 4 rings (SSSR count). The molecule has 0 spiro atoms. The molecule has 0 unspecified atom stereocenters. The highest BCUT2D eigenvalue weighted by atomic mass is 32.2. The van der Waals surface area contributed by atoms with Crippen molar-refractivity contribution in [1.29, 1.82) is 0 Å². The Morgan fingerprint density at radius 3 is 2.35 bits per heavy atom. The summed E-state index contributed by atoms with van der Waals surface area (Å²) in [6, 6.07) is 4.99. The Bertz CT molecular complexity index is 1060. The van der Waals surface area contributed by atoms with Gasteiger partial charge in [0.25, 0.3) is 10.2 Å². The van der Waals surface area contributed by atoms with Crippen LogP contribution in [0.4, 0.5) is 10.1 Å². The smallest absolute Gasteiger partial charge is 0.280 e. The van der Waals surface area contributed by atoms with Crippen molar-refractivity contribution in [3.05, 3.63) is 47.5 Å². The lowest BCUT2D eigenvalue weighted by Gasteiger charge is -2.41. The number of aromatic nitrogens is 2. The summed E-state index contributed by atoms with van der Waals surface area (Å²) in [4.78, 5) is 17.1. The van der Waals surface area contributed by atoms with Gasteiger partial charge in [-0.25, -0.2) is 4.39 Å². The highest BCUT2D eigenvalue weighted by Gasteiger charge is 2.43. The van der Waals surface area contributed by atoms with Crippen LogP contribution in [-0.4, -0.2) is 72.6 Å². The van der Waals surface area contributed by atoms with Crippen LogP contribution in [0, 0.1) is 12.7 Å². The van der Waals surface area contributed by atoms with E-state index in [0.717, 1.165) is 21.2 Å². The molecule has 168 valence electrons. The molecule has 2 saturated heterocycles. The number of nitrogens with zero attached hydrogens (tertiary/aromatic N) is 5. The Morgan fingerprint density at radius 1 is 1.13 bits per heavy atom. The van der Waals surface area contributed by atoms with Crippen LogP contribution >= 0.6 is 0 Å². The molecule has 1 aromatic carbocycles. The van der Waals surface area contributed by atoms with Gasteiger partial charge < -0.3 is 9.80 Å². The van der Waals surface area contributed by atoms with Crippen LogP contribution in [0.5, 0.6) is 0 Å². The standard InChI is InChI=1S/C20H27FN6O3S/c1-14-17(13-24(2)22-14)18-12-19(25(3)31(29,30)23-18)20(28)27-10-8-26(9-11-27)16-6-4-15(21)5-7-16/h4-7,13,18-19,23H,8-12H2,1-3H3/t18-,19+/m1/s1. The Kier molecular flexibility index (Phi) is 5.75. The van der Waals surface area contributed by atoms with Crippen molar-refractivity contribution in [2.75, 3.05) is 38.1 Å². The molecule has 0 radical (unpaired) electrons. The average molecular weight is 451 g/mol. The molecule has 11 heteroatoms. The second-order valence-electron chi connectivity index (χ2n) is 8.08. The maximum atomic E-state index is 13.3. The molecule has 2 aromatic rings. The first-order valence-corrected chi connectivity index (χ1v) is 11.6. The lowest BCUT2D eigenvalue weighted by atomic mass is 9.99. The van der Waals surface area contributed by atoms with E-state index in [2.05, 4.69) is 14.7 Å². The summed E-state index contributed by atoms with van der Waals surface area (Å²) in [6.07, 6.45) is 2.12. The number of rotatable bonds is 3. The fraction of sp³-hybridized carbons (Fsp3) is 0.500. The lowest BCUT2D eigenvalue weighted by molar-refractivity contribution is -0.136. The van der Waals surface area contributed by atoms with Gasteiger partial charge in [-0.2, -0.15) is 22.5 Å². The summed E-state index contributed by atoms with van der Waals surface area (Å²) in [5, 5.41) is 4.30. The van der Waals surface area contributed by atoms with Gasteiger partial charge in [0.05, 0.1) is 11.7 Å². The van der Waals surface area contributed by atoms with E-state index in [1.165, 1.54) is 19.2 Å². The van der Waals surface area contributed by atoms with Crippen LogP contribution in [0.25, 0.3) is 0 Å². The first-order chi connectivity index (χ1) is 14.7. The Labute approximate surface area is 181 Å². The number of hydrogen-bond acceptors (Lipinski definition) is 5. The number of halogens is 1. The quantitative estimate of drug-likeness (QED) is 0.747. The minimum atomic E-state index is -3.80. The van der Waals surface area contributed by atoms with E-state index in [-0.39, 0.29) is 11.7 Å². The van der Waals surface area contributed by atoms with Crippen molar-refractivity contribution in [2.24, 2.45) is 7.05 Å². The first-order valence-electron chi connectivity index (χ1n) is 10.2. The van der Waals surface area contributed by atoms with Crippen molar-refractivity contribution in [3.8, 4) is 0 Å². The van der Waals surface area contributed by atoms with Crippen LogP contribution in [-0.2, 0) is 22.1 Å². The topological polar surface area (TPSA) is 90.8 Å². The number of aryl methyl sites for hydroxylation is 2. The fourth-order valence-electron chi connectivity index (χ4n) is 4.30. The minimum Gasteiger partial charge on any atom is -0.368 e. The second-order valence-corrected chi connectivity index (χ2v) is 9.84. The monoisotopic (exact) mass is 450 g/mol. The molecule has 1 N–H and O–H groups in total. The minimum absolute atomic E-state index is 0.196. The molecule has 2 fully saturated rings. The van der Waals surface area contributed by atoms with E-state index in [1.807, 2.05) is 6.92 Å². The molecule has 9 nitrogen and oxygen atoms in total. The fourth-order valence-corrected chi connectivity index (χ4v) is 5.57. The Morgan fingerprint density at radius 2 is 1.77 bits per heavy atom. The predicted octanol–water partition coefficient (Wildman–Crippen LogP) is 0.796. The highest BCUT2D eigenvalue weighted by Crippen LogP contribution is 2.30. The SMILES string of the molecule is Cc1nn(C)cc1[C@H]1C[C@@H](C(=O)N2CCN(c3ccc(F)cc3)CC2)N(C)S(=O)(=O)N1. The van der Waals surface area contributed by atoms with E-state index >= 15 is 0 Å². The van der Waals surface area contributed by atoms with Gasteiger partial charge >= 0.3 is 0 Å². The van der Waals surface area contributed by atoms with Crippen LogP contribution in [0.1, 0.15) is 23.7 Å². The lowest BCUT2D eigenvalue weighted by Crippen LogP contribution is -2.60. The zero-order valence-electron chi connectivity index (χ0n) is 17.8.